The van der Waals surface area contributed by atoms with Crippen molar-refractivity contribution in [3.05, 3.63) is 48.6 Å². The number of aliphatic hydroxyl groups excluding tert-OH is 1. The first kappa shape index (κ1) is 19.1. The lowest BCUT2D eigenvalue weighted by molar-refractivity contribution is -0.155. The third-order valence-electron chi connectivity index (χ3n) is 4.65. The number of aliphatic hydroxyl groups is 1. The predicted molar refractivity (Wildman–Crippen MR) is 94.3 cm³/mol. The molecule has 0 aliphatic carbocycles. The molecule has 1 aliphatic rings. The second-order valence-corrected chi connectivity index (χ2v) is 6.99. The average Bonchev–Trinajstić information content (AvgIpc) is 3.01. The van der Waals surface area contributed by atoms with E-state index in [2.05, 4.69) is 6.58 Å². The quantitative estimate of drug-likeness (QED) is 0.597. The van der Waals surface area contributed by atoms with Crippen LogP contribution in [0.2, 0.25) is 0 Å². The summed E-state index contributed by atoms with van der Waals surface area (Å²) in [5, 5.41) is 9.93. The molecule has 6 nitrogen and oxygen atoms in total. The summed E-state index contributed by atoms with van der Waals surface area (Å²) in [4.78, 5) is 26.5. The first-order valence-corrected chi connectivity index (χ1v) is 8.34. The molecule has 1 amide bonds. The number of ether oxygens (including phenoxy) is 1. The Hall–Kier alpha value is -2.18. The molecule has 0 unspecified atom stereocenters. The van der Waals surface area contributed by atoms with Crippen LogP contribution in [-0.4, -0.2) is 46.6 Å². The number of β-amino-alcohol motifs (C(OH)–C–C–N with tert-alkyl or cyclic N) is 1. The van der Waals surface area contributed by atoms with E-state index in [9.17, 15) is 14.7 Å². The number of carbonyl (C=O) groups is 2. The van der Waals surface area contributed by atoms with Gasteiger partial charge in [0, 0.05) is 18.4 Å². The maximum atomic E-state index is 12.7. The molecule has 0 bridgehead atoms. The SMILES string of the molecule is C=CC(C)(C)[C@H](N)C(=O)N1C[C@H](O)C[C@H]1C(=O)OCc1ccccc1. The molecule has 2 rings (SSSR count). The van der Waals surface area contributed by atoms with E-state index in [1.807, 2.05) is 30.3 Å². The van der Waals surface area contributed by atoms with Crippen molar-refractivity contribution < 1.29 is 19.4 Å². The first-order valence-electron chi connectivity index (χ1n) is 8.34. The second-order valence-electron chi connectivity index (χ2n) is 6.99. The Morgan fingerprint density at radius 3 is 2.68 bits per heavy atom. The number of likely N-dealkylation sites (tertiary alicyclic amines) is 1. The molecule has 3 N–H and O–H groups in total. The van der Waals surface area contributed by atoms with Crippen molar-refractivity contribution in [2.45, 2.75) is 45.1 Å². The zero-order chi connectivity index (χ0) is 18.6. The number of carbonyl (C=O) groups excluding carboxylic acids is 2. The summed E-state index contributed by atoms with van der Waals surface area (Å²) in [6.45, 7) is 7.51. The van der Waals surface area contributed by atoms with Gasteiger partial charge in [0.15, 0.2) is 0 Å². The summed E-state index contributed by atoms with van der Waals surface area (Å²) in [5.74, 6) is -0.916. The van der Waals surface area contributed by atoms with E-state index in [1.165, 1.54) is 4.90 Å². The van der Waals surface area contributed by atoms with Crippen LogP contribution in [0.3, 0.4) is 0 Å². The van der Waals surface area contributed by atoms with Gasteiger partial charge >= 0.3 is 5.97 Å². The first-order chi connectivity index (χ1) is 11.8. The summed E-state index contributed by atoms with van der Waals surface area (Å²) < 4.78 is 5.33. The third-order valence-corrected chi connectivity index (χ3v) is 4.65. The fourth-order valence-electron chi connectivity index (χ4n) is 2.73. The Balaban J connectivity index is 2.06. The fourth-order valence-corrected chi connectivity index (χ4v) is 2.73. The molecule has 1 heterocycles. The molecule has 1 aliphatic heterocycles. The number of nitrogens with two attached hydrogens (primary N) is 1. The van der Waals surface area contributed by atoms with Crippen LogP contribution < -0.4 is 5.73 Å². The van der Waals surface area contributed by atoms with E-state index >= 15 is 0 Å². The molecule has 0 aromatic heterocycles. The summed E-state index contributed by atoms with van der Waals surface area (Å²) in [7, 11) is 0. The van der Waals surface area contributed by atoms with Crippen molar-refractivity contribution in [2.24, 2.45) is 11.1 Å². The minimum atomic E-state index is -0.847. The Morgan fingerprint density at radius 1 is 1.44 bits per heavy atom. The molecule has 6 heteroatoms. The van der Waals surface area contributed by atoms with Crippen molar-refractivity contribution in [1.82, 2.24) is 4.90 Å². The molecule has 1 saturated heterocycles. The third kappa shape index (κ3) is 4.46. The van der Waals surface area contributed by atoms with Crippen LogP contribution in [0.1, 0.15) is 25.8 Å². The van der Waals surface area contributed by atoms with Crippen LogP contribution in [0.25, 0.3) is 0 Å². The summed E-state index contributed by atoms with van der Waals surface area (Å²) in [6, 6.07) is 7.62. The Kier molecular flexibility index (Phi) is 5.98. The Bertz CT molecular complexity index is 630. The average molecular weight is 346 g/mol. The van der Waals surface area contributed by atoms with Gasteiger partial charge in [-0.25, -0.2) is 4.79 Å². The van der Waals surface area contributed by atoms with Gasteiger partial charge in [-0.05, 0) is 5.56 Å². The number of rotatable bonds is 6. The zero-order valence-electron chi connectivity index (χ0n) is 14.7. The van der Waals surface area contributed by atoms with Crippen molar-refractivity contribution in [3.8, 4) is 0 Å². The van der Waals surface area contributed by atoms with Crippen LogP contribution in [0, 0.1) is 5.41 Å². The van der Waals surface area contributed by atoms with Crippen molar-refractivity contribution in [1.29, 1.82) is 0 Å². The fraction of sp³-hybridized carbons (Fsp3) is 0.474. The van der Waals surface area contributed by atoms with E-state index in [1.54, 1.807) is 19.9 Å². The predicted octanol–water partition coefficient (Wildman–Crippen LogP) is 1.23. The van der Waals surface area contributed by atoms with Gasteiger partial charge in [0.25, 0.3) is 0 Å². The van der Waals surface area contributed by atoms with Gasteiger partial charge in [0.1, 0.15) is 12.6 Å². The molecule has 0 spiro atoms. The topological polar surface area (TPSA) is 92.9 Å². The minimum absolute atomic E-state index is 0.0743. The van der Waals surface area contributed by atoms with Gasteiger partial charge in [0.2, 0.25) is 5.91 Å². The molecule has 1 aromatic carbocycles. The van der Waals surface area contributed by atoms with Crippen molar-refractivity contribution in [2.75, 3.05) is 6.54 Å². The lowest BCUT2D eigenvalue weighted by Gasteiger charge is -2.32. The lowest BCUT2D eigenvalue weighted by Crippen LogP contribution is -2.53. The molecule has 1 fully saturated rings. The highest BCUT2D eigenvalue weighted by molar-refractivity contribution is 5.89. The monoisotopic (exact) mass is 346 g/mol. The Morgan fingerprint density at radius 2 is 2.08 bits per heavy atom. The standard InChI is InChI=1S/C19H26N2O4/c1-4-19(2,3)16(20)17(23)21-11-14(22)10-15(21)18(24)25-12-13-8-6-5-7-9-13/h4-9,14-16,22H,1,10-12,20H2,2-3H3/t14-,15+,16-/m1/s1. The smallest absolute Gasteiger partial charge is 0.329 e. The second kappa shape index (κ2) is 7.80. The van der Waals surface area contributed by atoms with Crippen LogP contribution in [-0.2, 0) is 20.9 Å². The van der Waals surface area contributed by atoms with E-state index in [0.29, 0.717) is 0 Å². The molecule has 136 valence electrons. The van der Waals surface area contributed by atoms with Crippen molar-refractivity contribution in [3.63, 3.8) is 0 Å². The van der Waals surface area contributed by atoms with Gasteiger partial charge in [-0.3, -0.25) is 4.79 Å². The van der Waals surface area contributed by atoms with E-state index < -0.39 is 29.6 Å². The van der Waals surface area contributed by atoms with Gasteiger partial charge in [-0.15, -0.1) is 6.58 Å². The molecule has 0 radical (unpaired) electrons. The maximum Gasteiger partial charge on any atom is 0.329 e. The van der Waals surface area contributed by atoms with Gasteiger partial charge in [-0.1, -0.05) is 50.3 Å². The highest BCUT2D eigenvalue weighted by Gasteiger charge is 2.43. The maximum absolute atomic E-state index is 12.7. The largest absolute Gasteiger partial charge is 0.459 e. The number of hydrogen-bond acceptors (Lipinski definition) is 5. The van der Waals surface area contributed by atoms with Gasteiger partial charge in [0.05, 0.1) is 12.1 Å². The number of hydrogen-bond donors (Lipinski definition) is 2. The van der Waals surface area contributed by atoms with Gasteiger partial charge < -0.3 is 20.5 Å². The lowest BCUT2D eigenvalue weighted by atomic mass is 9.84. The molecule has 0 saturated carbocycles. The highest BCUT2D eigenvalue weighted by atomic mass is 16.5. The highest BCUT2D eigenvalue weighted by Crippen LogP contribution is 2.26. The van der Waals surface area contributed by atoms with Crippen LogP contribution >= 0.6 is 0 Å². The zero-order valence-corrected chi connectivity index (χ0v) is 14.7. The van der Waals surface area contributed by atoms with Crippen LogP contribution in [0.4, 0.5) is 0 Å². The number of benzene rings is 1. The van der Waals surface area contributed by atoms with Gasteiger partial charge in [-0.2, -0.15) is 0 Å². The minimum Gasteiger partial charge on any atom is -0.459 e. The summed E-state index contributed by atoms with van der Waals surface area (Å²) >= 11 is 0. The number of esters is 1. The van der Waals surface area contributed by atoms with Crippen LogP contribution in [0.5, 0.6) is 0 Å². The molecule has 1 aromatic rings. The van der Waals surface area contributed by atoms with E-state index in [4.69, 9.17) is 10.5 Å². The normalized spacial score (nSPS) is 21.7. The van der Waals surface area contributed by atoms with Crippen LogP contribution in [0.15, 0.2) is 43.0 Å². The molecular weight excluding hydrogens is 320 g/mol. The Labute approximate surface area is 148 Å². The molecule has 3 atom stereocenters. The summed E-state index contributed by atoms with van der Waals surface area (Å²) in [5.41, 5.74) is 6.30. The van der Waals surface area contributed by atoms with E-state index in [0.717, 1.165) is 5.56 Å². The number of nitrogens with zero attached hydrogens (tertiary/aromatic N) is 1. The number of amides is 1. The molecular formula is C19H26N2O4. The van der Waals surface area contributed by atoms with E-state index in [-0.39, 0.29) is 25.5 Å². The molecule has 25 heavy (non-hydrogen) atoms. The summed E-state index contributed by atoms with van der Waals surface area (Å²) in [6.07, 6.45) is 1.00. The van der Waals surface area contributed by atoms with Crippen molar-refractivity contribution >= 4 is 11.9 Å².